The number of amides is 2. The Labute approximate surface area is 164 Å². The molecule has 0 aliphatic heterocycles. The van der Waals surface area contributed by atoms with E-state index in [0.717, 1.165) is 17.5 Å². The van der Waals surface area contributed by atoms with Crippen LogP contribution in [0.2, 0.25) is 0 Å². The quantitative estimate of drug-likeness (QED) is 0.644. The summed E-state index contributed by atoms with van der Waals surface area (Å²) in [5.41, 5.74) is 2.05. The van der Waals surface area contributed by atoms with Gasteiger partial charge >= 0.3 is 6.09 Å². The number of rotatable bonds is 9. The molecule has 0 bridgehead atoms. The fourth-order valence-corrected chi connectivity index (χ4v) is 3.29. The van der Waals surface area contributed by atoms with Crippen LogP contribution >= 0.6 is 11.8 Å². The van der Waals surface area contributed by atoms with Crippen LogP contribution in [0.15, 0.2) is 60.7 Å². The molecule has 0 fully saturated rings. The Morgan fingerprint density at radius 2 is 1.56 bits per heavy atom. The zero-order chi connectivity index (χ0) is 19.5. The number of ether oxygens (including phenoxy) is 1. The van der Waals surface area contributed by atoms with Crippen molar-refractivity contribution in [1.29, 1.82) is 0 Å². The molecule has 0 aliphatic carbocycles. The van der Waals surface area contributed by atoms with Crippen LogP contribution in [0.25, 0.3) is 0 Å². The second kappa shape index (κ2) is 11.3. The molecule has 0 radical (unpaired) electrons. The Morgan fingerprint density at radius 3 is 2.15 bits per heavy atom. The summed E-state index contributed by atoms with van der Waals surface area (Å²) in [7, 11) is 0. The third kappa shape index (κ3) is 8.17. The molecule has 2 amide bonds. The summed E-state index contributed by atoms with van der Waals surface area (Å²) in [6.07, 6.45) is 0.139. The van der Waals surface area contributed by atoms with E-state index in [4.69, 9.17) is 4.74 Å². The molecule has 1 atom stereocenters. The van der Waals surface area contributed by atoms with E-state index in [0.29, 0.717) is 6.54 Å². The standard InChI is InChI=1S/C21H26N2O3S/c1-16(2)27-20(19(24)22-14-13-17-9-5-3-6-10-17)23-21(25)26-15-18-11-7-4-8-12-18/h3-12,16,20H,13-15H2,1-2H3,(H,22,24)(H,23,25). The van der Waals surface area contributed by atoms with Crippen LogP contribution in [0.3, 0.4) is 0 Å². The van der Waals surface area contributed by atoms with Crippen molar-refractivity contribution in [3.05, 3.63) is 71.8 Å². The Balaban J connectivity index is 1.81. The van der Waals surface area contributed by atoms with Gasteiger partial charge in [-0.2, -0.15) is 0 Å². The predicted molar refractivity (Wildman–Crippen MR) is 109 cm³/mol. The summed E-state index contributed by atoms with van der Waals surface area (Å²) < 4.78 is 5.22. The average Bonchev–Trinajstić information content (AvgIpc) is 2.67. The third-order valence-corrected chi connectivity index (χ3v) is 4.81. The molecule has 2 N–H and O–H groups in total. The normalized spacial score (nSPS) is 11.7. The minimum absolute atomic E-state index is 0.168. The number of hydrogen-bond acceptors (Lipinski definition) is 4. The van der Waals surface area contributed by atoms with Crippen molar-refractivity contribution in [1.82, 2.24) is 10.6 Å². The number of carbonyl (C=O) groups excluding carboxylic acids is 2. The van der Waals surface area contributed by atoms with Crippen molar-refractivity contribution in [2.24, 2.45) is 0 Å². The maximum absolute atomic E-state index is 12.5. The smallest absolute Gasteiger partial charge is 0.408 e. The van der Waals surface area contributed by atoms with E-state index in [2.05, 4.69) is 10.6 Å². The SMILES string of the molecule is CC(C)SC(NC(=O)OCc1ccccc1)C(=O)NCCc1ccccc1. The zero-order valence-corrected chi connectivity index (χ0v) is 16.5. The minimum Gasteiger partial charge on any atom is -0.445 e. The fourth-order valence-electron chi connectivity index (χ4n) is 2.37. The van der Waals surface area contributed by atoms with E-state index < -0.39 is 11.5 Å². The van der Waals surface area contributed by atoms with E-state index in [-0.39, 0.29) is 17.8 Å². The summed E-state index contributed by atoms with van der Waals surface area (Å²) in [5, 5.41) is 5.04. The van der Waals surface area contributed by atoms with Crippen molar-refractivity contribution >= 4 is 23.8 Å². The monoisotopic (exact) mass is 386 g/mol. The molecule has 0 spiro atoms. The Morgan fingerprint density at radius 1 is 0.963 bits per heavy atom. The number of carbonyl (C=O) groups is 2. The Hall–Kier alpha value is -2.47. The first kappa shape index (κ1) is 20.8. The summed E-state index contributed by atoms with van der Waals surface area (Å²) in [5.74, 6) is -0.221. The molecule has 0 saturated carbocycles. The van der Waals surface area contributed by atoms with Crippen LogP contribution in [-0.2, 0) is 22.6 Å². The lowest BCUT2D eigenvalue weighted by molar-refractivity contribution is -0.121. The second-order valence-electron chi connectivity index (χ2n) is 6.30. The highest BCUT2D eigenvalue weighted by atomic mass is 32.2. The first-order chi connectivity index (χ1) is 13.0. The van der Waals surface area contributed by atoms with Gasteiger partial charge in [-0.1, -0.05) is 74.5 Å². The van der Waals surface area contributed by atoms with Crippen LogP contribution in [0.5, 0.6) is 0 Å². The van der Waals surface area contributed by atoms with Crippen LogP contribution in [0.4, 0.5) is 4.79 Å². The van der Waals surface area contributed by atoms with Crippen LogP contribution in [-0.4, -0.2) is 29.2 Å². The van der Waals surface area contributed by atoms with E-state index in [1.165, 1.54) is 11.8 Å². The topological polar surface area (TPSA) is 67.4 Å². The second-order valence-corrected chi connectivity index (χ2v) is 7.98. The van der Waals surface area contributed by atoms with E-state index in [1.54, 1.807) is 0 Å². The Kier molecular flexibility index (Phi) is 8.71. The molecule has 27 heavy (non-hydrogen) atoms. The molecule has 0 heterocycles. The molecule has 2 rings (SSSR count). The maximum Gasteiger partial charge on any atom is 0.408 e. The van der Waals surface area contributed by atoms with Gasteiger partial charge in [0.25, 0.3) is 5.91 Å². The number of hydrogen-bond donors (Lipinski definition) is 2. The molecule has 5 nitrogen and oxygen atoms in total. The molecular formula is C21H26N2O3S. The predicted octanol–water partition coefficient (Wildman–Crippen LogP) is 3.74. The number of benzene rings is 2. The van der Waals surface area contributed by atoms with Crippen molar-refractivity contribution in [2.75, 3.05) is 6.54 Å². The first-order valence-electron chi connectivity index (χ1n) is 8.99. The van der Waals surface area contributed by atoms with Gasteiger partial charge in [0, 0.05) is 11.8 Å². The molecule has 2 aromatic carbocycles. The first-order valence-corrected chi connectivity index (χ1v) is 9.93. The van der Waals surface area contributed by atoms with E-state index >= 15 is 0 Å². The van der Waals surface area contributed by atoms with Crippen molar-refractivity contribution < 1.29 is 14.3 Å². The number of alkyl carbamates (subject to hydrolysis) is 1. The van der Waals surface area contributed by atoms with Gasteiger partial charge < -0.3 is 15.4 Å². The Bertz CT molecular complexity index is 708. The average molecular weight is 387 g/mol. The molecule has 6 heteroatoms. The van der Waals surface area contributed by atoms with Gasteiger partial charge in [-0.25, -0.2) is 4.79 Å². The molecule has 0 saturated heterocycles. The third-order valence-electron chi connectivity index (χ3n) is 3.66. The van der Waals surface area contributed by atoms with Crippen LogP contribution in [0, 0.1) is 0 Å². The van der Waals surface area contributed by atoms with E-state index in [1.807, 2.05) is 74.5 Å². The van der Waals surface area contributed by atoms with Crippen LogP contribution < -0.4 is 10.6 Å². The highest BCUT2D eigenvalue weighted by molar-refractivity contribution is 8.01. The van der Waals surface area contributed by atoms with Gasteiger partial charge in [0.05, 0.1) is 0 Å². The van der Waals surface area contributed by atoms with Gasteiger partial charge in [0.1, 0.15) is 6.61 Å². The molecule has 1 unspecified atom stereocenters. The lowest BCUT2D eigenvalue weighted by Gasteiger charge is -2.19. The van der Waals surface area contributed by atoms with Gasteiger partial charge in [-0.05, 0) is 17.5 Å². The maximum atomic E-state index is 12.5. The minimum atomic E-state index is -0.691. The van der Waals surface area contributed by atoms with Crippen molar-refractivity contribution in [3.63, 3.8) is 0 Å². The highest BCUT2D eigenvalue weighted by Crippen LogP contribution is 2.16. The van der Waals surface area contributed by atoms with Gasteiger partial charge in [-0.3, -0.25) is 4.79 Å². The number of thioether (sulfide) groups is 1. The highest BCUT2D eigenvalue weighted by Gasteiger charge is 2.23. The lowest BCUT2D eigenvalue weighted by atomic mass is 10.1. The molecule has 2 aromatic rings. The van der Waals surface area contributed by atoms with Gasteiger partial charge in [-0.15, -0.1) is 11.8 Å². The molecule has 0 aliphatic rings. The lowest BCUT2D eigenvalue weighted by Crippen LogP contribution is -2.46. The summed E-state index contributed by atoms with van der Waals surface area (Å²) in [4.78, 5) is 24.6. The van der Waals surface area contributed by atoms with Gasteiger partial charge in [0.2, 0.25) is 0 Å². The summed E-state index contributed by atoms with van der Waals surface area (Å²) in [6.45, 7) is 4.64. The van der Waals surface area contributed by atoms with Crippen molar-refractivity contribution in [2.45, 2.75) is 37.5 Å². The molecule has 144 valence electrons. The molecule has 0 aromatic heterocycles. The van der Waals surface area contributed by atoms with Gasteiger partial charge in [0.15, 0.2) is 5.37 Å². The van der Waals surface area contributed by atoms with Crippen molar-refractivity contribution in [3.8, 4) is 0 Å². The molecular weight excluding hydrogens is 360 g/mol. The zero-order valence-electron chi connectivity index (χ0n) is 15.7. The fraction of sp³-hybridized carbons (Fsp3) is 0.333. The summed E-state index contributed by atoms with van der Waals surface area (Å²) >= 11 is 1.38. The largest absolute Gasteiger partial charge is 0.445 e. The van der Waals surface area contributed by atoms with E-state index in [9.17, 15) is 9.59 Å². The summed E-state index contributed by atoms with van der Waals surface area (Å²) in [6, 6.07) is 19.4. The van der Waals surface area contributed by atoms with Crippen LogP contribution in [0.1, 0.15) is 25.0 Å². The number of nitrogens with one attached hydrogen (secondary N) is 2.